The van der Waals surface area contributed by atoms with Gasteiger partial charge in [0, 0.05) is 12.0 Å². The van der Waals surface area contributed by atoms with Crippen LogP contribution in [0.4, 0.5) is 0 Å². The van der Waals surface area contributed by atoms with Gasteiger partial charge in [0.05, 0.1) is 0 Å². The van der Waals surface area contributed by atoms with Gasteiger partial charge in [-0.25, -0.2) is 0 Å². The maximum absolute atomic E-state index is 11.6. The van der Waals surface area contributed by atoms with Gasteiger partial charge >= 0.3 is 0 Å². The highest BCUT2D eigenvalue weighted by Gasteiger charge is 2.03. The van der Waals surface area contributed by atoms with Crippen LogP contribution in [0.15, 0.2) is 30.3 Å². The monoisotopic (exact) mass is 191 g/mol. The van der Waals surface area contributed by atoms with Crippen molar-refractivity contribution in [3.63, 3.8) is 0 Å². The van der Waals surface area contributed by atoms with E-state index in [0.717, 1.165) is 24.9 Å². The maximum atomic E-state index is 11.6. The summed E-state index contributed by atoms with van der Waals surface area (Å²) in [5, 5.41) is 3.07. The van der Waals surface area contributed by atoms with Gasteiger partial charge in [-0.15, -0.1) is 0 Å². The second-order valence-electron chi connectivity index (χ2n) is 3.35. The number of nitrogens with one attached hydrogen (secondary N) is 1. The summed E-state index contributed by atoms with van der Waals surface area (Å²) < 4.78 is 0. The molecule has 1 N–H and O–H groups in total. The molecule has 0 saturated heterocycles. The molecule has 0 spiro atoms. The number of benzene rings is 1. The first-order valence-electron chi connectivity index (χ1n) is 5.07. The molecule has 0 aliphatic rings. The van der Waals surface area contributed by atoms with Gasteiger partial charge in [-0.2, -0.15) is 0 Å². The lowest BCUT2D eigenvalue weighted by Crippen LogP contribution is -2.08. The van der Waals surface area contributed by atoms with E-state index in [1.54, 1.807) is 0 Å². The quantitative estimate of drug-likeness (QED) is 0.552. The van der Waals surface area contributed by atoms with E-state index in [0.29, 0.717) is 6.42 Å². The Morgan fingerprint density at radius 1 is 1.21 bits per heavy atom. The Kier molecular flexibility index (Phi) is 4.94. The SMILES string of the molecule is CNCCCCC(=O)c1ccccc1. The van der Waals surface area contributed by atoms with Crippen LogP contribution in [0.5, 0.6) is 0 Å². The normalized spacial score (nSPS) is 10.1. The molecule has 1 aromatic rings. The van der Waals surface area contributed by atoms with Gasteiger partial charge in [0.25, 0.3) is 0 Å². The van der Waals surface area contributed by atoms with Crippen molar-refractivity contribution in [2.75, 3.05) is 13.6 Å². The van der Waals surface area contributed by atoms with Crippen LogP contribution in [0, 0.1) is 0 Å². The number of hydrogen-bond donors (Lipinski definition) is 1. The molecular weight excluding hydrogens is 174 g/mol. The predicted molar refractivity (Wildman–Crippen MR) is 58.6 cm³/mol. The van der Waals surface area contributed by atoms with Crippen molar-refractivity contribution in [2.24, 2.45) is 0 Å². The van der Waals surface area contributed by atoms with Crippen LogP contribution in [-0.4, -0.2) is 19.4 Å². The molecule has 0 heterocycles. The summed E-state index contributed by atoms with van der Waals surface area (Å²) in [7, 11) is 1.93. The highest BCUT2D eigenvalue weighted by molar-refractivity contribution is 5.95. The Hall–Kier alpha value is -1.15. The predicted octanol–water partition coefficient (Wildman–Crippen LogP) is 2.26. The zero-order valence-corrected chi connectivity index (χ0v) is 8.62. The van der Waals surface area contributed by atoms with Crippen LogP contribution in [0.2, 0.25) is 0 Å². The molecule has 1 rings (SSSR count). The summed E-state index contributed by atoms with van der Waals surface area (Å²) in [6, 6.07) is 9.49. The van der Waals surface area contributed by atoms with Crippen LogP contribution in [-0.2, 0) is 0 Å². The molecule has 0 aliphatic heterocycles. The molecular formula is C12H17NO. The standard InChI is InChI=1S/C12H17NO/c1-13-10-6-5-9-12(14)11-7-3-2-4-8-11/h2-4,7-8,13H,5-6,9-10H2,1H3. The summed E-state index contributed by atoms with van der Waals surface area (Å²) in [6.45, 7) is 0.988. The molecule has 0 radical (unpaired) electrons. The lowest BCUT2D eigenvalue weighted by Gasteiger charge is -2.00. The van der Waals surface area contributed by atoms with Crippen molar-refractivity contribution in [1.82, 2.24) is 5.32 Å². The first-order chi connectivity index (χ1) is 6.84. The van der Waals surface area contributed by atoms with Crippen LogP contribution < -0.4 is 5.32 Å². The first kappa shape index (κ1) is 10.9. The van der Waals surface area contributed by atoms with E-state index in [9.17, 15) is 4.79 Å². The third-order valence-corrected chi connectivity index (χ3v) is 2.18. The largest absolute Gasteiger partial charge is 0.320 e. The van der Waals surface area contributed by atoms with Gasteiger partial charge in [0.1, 0.15) is 0 Å². The second kappa shape index (κ2) is 6.33. The van der Waals surface area contributed by atoms with E-state index >= 15 is 0 Å². The van der Waals surface area contributed by atoms with Gasteiger partial charge in [-0.3, -0.25) is 4.79 Å². The minimum absolute atomic E-state index is 0.252. The Labute approximate surface area is 85.3 Å². The van der Waals surface area contributed by atoms with E-state index < -0.39 is 0 Å². The third-order valence-electron chi connectivity index (χ3n) is 2.18. The van der Waals surface area contributed by atoms with E-state index in [1.165, 1.54) is 0 Å². The average Bonchev–Trinajstić information content (AvgIpc) is 2.25. The average molecular weight is 191 g/mol. The van der Waals surface area contributed by atoms with Gasteiger partial charge < -0.3 is 5.32 Å². The molecule has 0 amide bonds. The maximum Gasteiger partial charge on any atom is 0.162 e. The number of carbonyl (C=O) groups is 1. The molecule has 2 heteroatoms. The first-order valence-corrected chi connectivity index (χ1v) is 5.07. The van der Waals surface area contributed by atoms with Gasteiger partial charge in [-0.05, 0) is 26.4 Å². The molecule has 0 aliphatic carbocycles. The minimum Gasteiger partial charge on any atom is -0.320 e. The van der Waals surface area contributed by atoms with Gasteiger partial charge in [0.2, 0.25) is 0 Å². The summed E-state index contributed by atoms with van der Waals surface area (Å²) in [5.74, 6) is 0.252. The smallest absolute Gasteiger partial charge is 0.162 e. The van der Waals surface area contributed by atoms with E-state index in [1.807, 2.05) is 37.4 Å². The number of Topliss-reactive ketones (excluding diaryl/α,β-unsaturated/α-hetero) is 1. The molecule has 2 nitrogen and oxygen atoms in total. The Morgan fingerprint density at radius 3 is 2.57 bits per heavy atom. The highest BCUT2D eigenvalue weighted by atomic mass is 16.1. The molecule has 14 heavy (non-hydrogen) atoms. The van der Waals surface area contributed by atoms with Crippen molar-refractivity contribution >= 4 is 5.78 Å². The highest BCUT2D eigenvalue weighted by Crippen LogP contribution is 2.05. The van der Waals surface area contributed by atoms with E-state index in [4.69, 9.17) is 0 Å². The van der Waals surface area contributed by atoms with Crippen molar-refractivity contribution < 1.29 is 4.79 Å². The lowest BCUT2D eigenvalue weighted by atomic mass is 10.1. The van der Waals surface area contributed by atoms with Crippen LogP contribution in [0.3, 0.4) is 0 Å². The molecule has 1 aromatic carbocycles. The fraction of sp³-hybridized carbons (Fsp3) is 0.417. The Morgan fingerprint density at radius 2 is 1.93 bits per heavy atom. The van der Waals surface area contributed by atoms with Crippen LogP contribution in [0.1, 0.15) is 29.6 Å². The molecule has 0 atom stereocenters. The number of unbranched alkanes of at least 4 members (excludes halogenated alkanes) is 1. The lowest BCUT2D eigenvalue weighted by molar-refractivity contribution is 0.0979. The van der Waals surface area contributed by atoms with Crippen molar-refractivity contribution in [3.05, 3.63) is 35.9 Å². The van der Waals surface area contributed by atoms with Gasteiger partial charge in [0.15, 0.2) is 5.78 Å². The minimum atomic E-state index is 0.252. The molecule has 0 aromatic heterocycles. The molecule has 0 unspecified atom stereocenters. The van der Waals surface area contributed by atoms with Crippen LogP contribution in [0.25, 0.3) is 0 Å². The van der Waals surface area contributed by atoms with E-state index in [2.05, 4.69) is 5.32 Å². The van der Waals surface area contributed by atoms with Gasteiger partial charge in [-0.1, -0.05) is 30.3 Å². The second-order valence-corrected chi connectivity index (χ2v) is 3.35. The summed E-state index contributed by atoms with van der Waals surface area (Å²) in [4.78, 5) is 11.6. The van der Waals surface area contributed by atoms with Crippen molar-refractivity contribution in [3.8, 4) is 0 Å². The van der Waals surface area contributed by atoms with Crippen molar-refractivity contribution in [1.29, 1.82) is 0 Å². The summed E-state index contributed by atoms with van der Waals surface area (Å²) >= 11 is 0. The molecule has 76 valence electrons. The number of hydrogen-bond acceptors (Lipinski definition) is 2. The molecule has 0 bridgehead atoms. The zero-order valence-electron chi connectivity index (χ0n) is 8.62. The Balaban J connectivity index is 2.29. The molecule has 0 fully saturated rings. The Bertz CT molecular complexity index is 269. The zero-order chi connectivity index (χ0) is 10.2. The fourth-order valence-electron chi connectivity index (χ4n) is 1.36. The van der Waals surface area contributed by atoms with E-state index in [-0.39, 0.29) is 5.78 Å². The number of rotatable bonds is 6. The molecule has 0 saturated carbocycles. The summed E-state index contributed by atoms with van der Waals surface area (Å²) in [6.07, 6.45) is 2.69. The fourth-order valence-corrected chi connectivity index (χ4v) is 1.36. The van der Waals surface area contributed by atoms with Crippen molar-refractivity contribution in [2.45, 2.75) is 19.3 Å². The number of carbonyl (C=O) groups excluding carboxylic acids is 1. The third kappa shape index (κ3) is 3.71. The number of ketones is 1. The topological polar surface area (TPSA) is 29.1 Å². The van der Waals surface area contributed by atoms with Crippen LogP contribution >= 0.6 is 0 Å². The summed E-state index contributed by atoms with van der Waals surface area (Å²) in [5.41, 5.74) is 0.831.